The zero-order valence-corrected chi connectivity index (χ0v) is 13.4. The lowest BCUT2D eigenvalue weighted by Gasteiger charge is -2.13. The molecule has 0 bridgehead atoms. The van der Waals surface area contributed by atoms with Crippen LogP contribution in [0.5, 0.6) is 0 Å². The van der Waals surface area contributed by atoms with Gasteiger partial charge >= 0.3 is 0 Å². The predicted octanol–water partition coefficient (Wildman–Crippen LogP) is 2.57. The number of nitrogens with two attached hydrogens (primary N) is 1. The molecule has 1 aromatic carbocycles. The Balaban J connectivity index is 0.00000200. The highest BCUT2D eigenvalue weighted by Gasteiger charge is 2.30. The molecule has 0 saturated heterocycles. The van der Waals surface area contributed by atoms with Crippen LogP contribution in [-0.4, -0.2) is 21.0 Å². The molecule has 0 aromatic heterocycles. The van der Waals surface area contributed by atoms with Crippen LogP contribution in [0, 0.1) is 11.7 Å². The Labute approximate surface area is 133 Å². The molecule has 1 aromatic rings. The van der Waals surface area contributed by atoms with E-state index in [1.807, 2.05) is 0 Å². The van der Waals surface area contributed by atoms with Crippen molar-refractivity contribution in [2.75, 3.05) is 6.54 Å². The second kappa shape index (κ2) is 6.77. The third-order valence-corrected chi connectivity index (χ3v) is 5.31. The van der Waals surface area contributed by atoms with Gasteiger partial charge in [0.1, 0.15) is 10.7 Å². The standard InChI is InChI=1S/C11H13Cl2FN2O2S.ClH/c12-8-3-7(14)4-9(13)11(8)19(17,18)16-5-10(15)6-1-2-6;/h3-4,6,10,16H,1-2,5,15H2;1H. The molecule has 9 heteroatoms. The lowest BCUT2D eigenvalue weighted by Crippen LogP contribution is -2.38. The largest absolute Gasteiger partial charge is 0.326 e. The van der Waals surface area contributed by atoms with Crippen molar-refractivity contribution >= 4 is 45.6 Å². The molecule has 1 aliphatic rings. The minimum absolute atomic E-state index is 0. The minimum atomic E-state index is -3.90. The summed E-state index contributed by atoms with van der Waals surface area (Å²) in [5.74, 6) is -0.328. The molecule has 0 amide bonds. The maximum Gasteiger partial charge on any atom is 0.243 e. The first kappa shape index (κ1) is 17.9. The third-order valence-electron chi connectivity index (χ3n) is 2.97. The Morgan fingerprint density at radius 1 is 1.35 bits per heavy atom. The Morgan fingerprint density at radius 3 is 2.30 bits per heavy atom. The summed E-state index contributed by atoms with van der Waals surface area (Å²) >= 11 is 11.5. The lowest BCUT2D eigenvalue weighted by atomic mass is 10.2. The molecule has 1 fully saturated rings. The number of nitrogens with one attached hydrogen (secondary N) is 1. The van der Waals surface area contributed by atoms with E-state index in [4.69, 9.17) is 28.9 Å². The van der Waals surface area contributed by atoms with Crippen LogP contribution in [-0.2, 0) is 10.0 Å². The Hall–Kier alpha value is -0.110. The summed E-state index contributed by atoms with van der Waals surface area (Å²) in [6.45, 7) is 0.108. The van der Waals surface area contributed by atoms with Crippen LogP contribution >= 0.6 is 35.6 Å². The van der Waals surface area contributed by atoms with Crippen LogP contribution in [0.2, 0.25) is 10.0 Å². The van der Waals surface area contributed by atoms with Crippen molar-refractivity contribution in [3.63, 3.8) is 0 Å². The summed E-state index contributed by atoms with van der Waals surface area (Å²) in [7, 11) is -3.90. The second-order valence-electron chi connectivity index (χ2n) is 4.55. The van der Waals surface area contributed by atoms with Gasteiger partial charge in [-0.15, -0.1) is 12.4 Å². The van der Waals surface area contributed by atoms with Gasteiger partial charge in [-0.3, -0.25) is 0 Å². The molecule has 1 saturated carbocycles. The molecule has 0 heterocycles. The summed E-state index contributed by atoms with van der Waals surface area (Å²) in [6, 6.07) is 1.58. The first-order valence-corrected chi connectivity index (χ1v) is 7.95. The Bertz CT molecular complexity index is 570. The zero-order valence-electron chi connectivity index (χ0n) is 10.3. The molecule has 3 N–H and O–H groups in total. The Kier molecular flexibility index (Phi) is 6.07. The molecule has 20 heavy (non-hydrogen) atoms. The summed E-state index contributed by atoms with van der Waals surface area (Å²) in [4.78, 5) is -0.319. The van der Waals surface area contributed by atoms with Crippen LogP contribution in [0.4, 0.5) is 4.39 Å². The lowest BCUT2D eigenvalue weighted by molar-refractivity contribution is 0.547. The van der Waals surface area contributed by atoms with Crippen molar-refractivity contribution in [2.45, 2.75) is 23.8 Å². The van der Waals surface area contributed by atoms with E-state index in [0.717, 1.165) is 25.0 Å². The monoisotopic (exact) mass is 362 g/mol. The van der Waals surface area contributed by atoms with Gasteiger partial charge in [-0.2, -0.15) is 0 Å². The van der Waals surface area contributed by atoms with Crippen molar-refractivity contribution < 1.29 is 12.8 Å². The maximum atomic E-state index is 13.0. The number of sulfonamides is 1. The molecule has 1 unspecified atom stereocenters. The van der Waals surface area contributed by atoms with Crippen molar-refractivity contribution in [2.24, 2.45) is 11.7 Å². The van der Waals surface area contributed by atoms with Crippen molar-refractivity contribution in [1.82, 2.24) is 4.72 Å². The Morgan fingerprint density at radius 2 is 1.85 bits per heavy atom. The van der Waals surface area contributed by atoms with Gasteiger partial charge in [-0.1, -0.05) is 23.2 Å². The summed E-state index contributed by atoms with van der Waals surface area (Å²) in [5.41, 5.74) is 5.81. The van der Waals surface area contributed by atoms with Crippen LogP contribution < -0.4 is 10.5 Å². The highest BCUT2D eigenvalue weighted by Crippen LogP contribution is 2.32. The molecular formula is C11H14Cl3FN2O2S. The average molecular weight is 364 g/mol. The van der Waals surface area contributed by atoms with Crippen LogP contribution in [0.3, 0.4) is 0 Å². The normalized spacial score (nSPS) is 16.6. The van der Waals surface area contributed by atoms with E-state index in [1.165, 1.54) is 0 Å². The van der Waals surface area contributed by atoms with Crippen LogP contribution in [0.25, 0.3) is 0 Å². The number of halogens is 4. The predicted molar refractivity (Wildman–Crippen MR) is 79.6 cm³/mol. The fourth-order valence-electron chi connectivity index (χ4n) is 1.75. The molecular weight excluding hydrogens is 350 g/mol. The van der Waals surface area contributed by atoms with Crippen molar-refractivity contribution in [1.29, 1.82) is 0 Å². The number of hydrogen-bond donors (Lipinski definition) is 2. The third kappa shape index (κ3) is 4.19. The summed E-state index contributed by atoms with van der Waals surface area (Å²) in [6.07, 6.45) is 2.03. The summed E-state index contributed by atoms with van der Waals surface area (Å²) in [5, 5.41) is -0.505. The van der Waals surface area contributed by atoms with Gasteiger partial charge in [0.15, 0.2) is 0 Å². The van der Waals surface area contributed by atoms with E-state index in [-0.39, 0.29) is 39.9 Å². The van der Waals surface area contributed by atoms with Gasteiger partial charge < -0.3 is 5.73 Å². The van der Waals surface area contributed by atoms with E-state index >= 15 is 0 Å². The molecule has 0 spiro atoms. The zero-order chi connectivity index (χ0) is 14.2. The van der Waals surface area contributed by atoms with Gasteiger partial charge in [0.25, 0.3) is 0 Å². The minimum Gasteiger partial charge on any atom is -0.326 e. The molecule has 1 aliphatic carbocycles. The van der Waals surface area contributed by atoms with Gasteiger partial charge in [0.05, 0.1) is 10.0 Å². The number of benzene rings is 1. The van der Waals surface area contributed by atoms with E-state index in [0.29, 0.717) is 5.92 Å². The first-order chi connectivity index (χ1) is 8.81. The van der Waals surface area contributed by atoms with E-state index in [2.05, 4.69) is 4.72 Å². The maximum absolute atomic E-state index is 13.0. The van der Waals surface area contributed by atoms with Crippen LogP contribution in [0.15, 0.2) is 17.0 Å². The van der Waals surface area contributed by atoms with E-state index < -0.39 is 15.8 Å². The van der Waals surface area contributed by atoms with Gasteiger partial charge in [0, 0.05) is 12.6 Å². The second-order valence-corrected chi connectivity index (χ2v) is 7.07. The van der Waals surface area contributed by atoms with E-state index in [1.54, 1.807) is 0 Å². The molecule has 0 aliphatic heterocycles. The molecule has 4 nitrogen and oxygen atoms in total. The fourth-order valence-corrected chi connectivity index (χ4v) is 4.01. The molecule has 0 radical (unpaired) electrons. The number of hydrogen-bond acceptors (Lipinski definition) is 3. The van der Waals surface area contributed by atoms with Gasteiger partial charge in [0.2, 0.25) is 10.0 Å². The van der Waals surface area contributed by atoms with Crippen LogP contribution in [0.1, 0.15) is 12.8 Å². The van der Waals surface area contributed by atoms with Gasteiger partial charge in [-0.25, -0.2) is 17.5 Å². The smallest absolute Gasteiger partial charge is 0.243 e. The quantitative estimate of drug-likeness (QED) is 0.844. The van der Waals surface area contributed by atoms with Crippen molar-refractivity contribution in [3.8, 4) is 0 Å². The highest BCUT2D eigenvalue weighted by molar-refractivity contribution is 7.89. The van der Waals surface area contributed by atoms with Crippen molar-refractivity contribution in [3.05, 3.63) is 28.0 Å². The SMILES string of the molecule is Cl.NC(CNS(=O)(=O)c1c(Cl)cc(F)cc1Cl)C1CC1. The molecule has 2 rings (SSSR count). The fraction of sp³-hybridized carbons (Fsp3) is 0.455. The molecule has 114 valence electrons. The first-order valence-electron chi connectivity index (χ1n) is 5.71. The topological polar surface area (TPSA) is 72.2 Å². The van der Waals surface area contributed by atoms with E-state index in [9.17, 15) is 12.8 Å². The highest BCUT2D eigenvalue weighted by atomic mass is 35.5. The average Bonchev–Trinajstić information content (AvgIpc) is 3.07. The number of rotatable bonds is 5. The molecule has 1 atom stereocenters. The summed E-state index contributed by atoms with van der Waals surface area (Å²) < 4.78 is 39.5. The van der Waals surface area contributed by atoms with Gasteiger partial charge in [-0.05, 0) is 30.9 Å².